The summed E-state index contributed by atoms with van der Waals surface area (Å²) in [5, 5.41) is 27.4. The van der Waals surface area contributed by atoms with E-state index in [0.29, 0.717) is 29.7 Å². The summed E-state index contributed by atoms with van der Waals surface area (Å²) in [5.74, 6) is -6.02. The molecule has 20 nitrogen and oxygen atoms in total. The minimum atomic E-state index is -2.13. The van der Waals surface area contributed by atoms with Gasteiger partial charge in [-0.05, 0) is 55.4 Å². The third-order valence-corrected chi connectivity index (χ3v) is 10.4. The number of likely N-dealkylation sites (tertiary alicyclic amines) is 1. The lowest BCUT2D eigenvalue weighted by Crippen LogP contribution is -2.56. The molecule has 1 unspecified atom stereocenters. The molecule has 2 saturated heterocycles. The fourth-order valence-electron chi connectivity index (χ4n) is 6.89. The summed E-state index contributed by atoms with van der Waals surface area (Å²) in [7, 11) is 0. The molecule has 6 amide bonds. The van der Waals surface area contributed by atoms with Crippen LogP contribution in [0, 0.1) is 5.92 Å². The number of carbonyl (C=O) groups is 8. The number of benzene rings is 1. The lowest BCUT2D eigenvalue weighted by Gasteiger charge is -2.31. The molecule has 0 aromatic heterocycles. The molecule has 0 bridgehead atoms. The molecule has 0 aliphatic carbocycles. The van der Waals surface area contributed by atoms with Crippen molar-refractivity contribution in [2.24, 2.45) is 5.92 Å². The van der Waals surface area contributed by atoms with Gasteiger partial charge in [0, 0.05) is 30.7 Å². The summed E-state index contributed by atoms with van der Waals surface area (Å²) in [5.41, 5.74) is 1.61. The molecule has 2 fully saturated rings. The van der Waals surface area contributed by atoms with Crippen molar-refractivity contribution in [3.05, 3.63) is 41.5 Å². The van der Waals surface area contributed by atoms with Crippen molar-refractivity contribution < 1.29 is 71.5 Å². The maximum Gasteiger partial charge on any atom is 0.332 e. The first-order valence-electron chi connectivity index (χ1n) is 18.6. The smallest absolute Gasteiger partial charge is 0.332 e. The van der Waals surface area contributed by atoms with Gasteiger partial charge in [-0.1, -0.05) is 19.9 Å². The predicted molar refractivity (Wildman–Crippen MR) is 202 cm³/mol. The van der Waals surface area contributed by atoms with Gasteiger partial charge in [-0.3, -0.25) is 38.5 Å². The summed E-state index contributed by atoms with van der Waals surface area (Å²) in [4.78, 5) is 103. The highest BCUT2D eigenvalue weighted by Gasteiger charge is 2.47. The second kappa shape index (κ2) is 21.1. The quantitative estimate of drug-likeness (QED) is 0.0375. The van der Waals surface area contributed by atoms with Gasteiger partial charge in [-0.25, -0.2) is 9.00 Å². The third kappa shape index (κ3) is 12.5. The van der Waals surface area contributed by atoms with Gasteiger partial charge in [0.25, 0.3) is 18.3 Å². The first-order valence-corrected chi connectivity index (χ1v) is 19.9. The maximum atomic E-state index is 13.5. The Morgan fingerprint density at radius 1 is 1.02 bits per heavy atom. The number of carboxylic acid groups (broad SMARTS) is 1. The second-order valence-corrected chi connectivity index (χ2v) is 15.6. The molecule has 58 heavy (non-hydrogen) atoms. The fraction of sp³-hybridized carbons (Fsp3) is 0.568. The van der Waals surface area contributed by atoms with E-state index in [-0.39, 0.29) is 51.3 Å². The molecular formula is C37H49N5O15S. The molecule has 0 spiro atoms. The molecule has 1 aromatic rings. The summed E-state index contributed by atoms with van der Waals surface area (Å²) in [6, 6.07) is 0.561. The fourth-order valence-corrected chi connectivity index (χ4v) is 7.15. The van der Waals surface area contributed by atoms with E-state index in [0.717, 1.165) is 22.0 Å². The Morgan fingerprint density at radius 3 is 2.36 bits per heavy atom. The first-order chi connectivity index (χ1) is 27.5. The van der Waals surface area contributed by atoms with Crippen LogP contribution in [0.15, 0.2) is 30.4 Å². The zero-order valence-electron chi connectivity index (χ0n) is 32.2. The molecule has 3 aliphatic heterocycles. The van der Waals surface area contributed by atoms with Gasteiger partial charge in [0.2, 0.25) is 23.6 Å². The van der Waals surface area contributed by atoms with E-state index in [2.05, 4.69) is 16.0 Å². The Bertz CT molecular complexity index is 1770. The lowest BCUT2D eigenvalue weighted by atomic mass is 9.94. The number of aliphatic carboxylic acids is 1. The number of carboxylic acids is 1. The van der Waals surface area contributed by atoms with E-state index in [4.69, 9.17) is 18.8 Å². The number of nitrogens with zero attached hydrogens (tertiary/aromatic N) is 2. The number of hydrogen-bond acceptors (Lipinski definition) is 13. The van der Waals surface area contributed by atoms with Crippen LogP contribution in [0.2, 0.25) is 0 Å². The van der Waals surface area contributed by atoms with E-state index in [1.807, 2.05) is 0 Å². The van der Waals surface area contributed by atoms with Gasteiger partial charge in [0.1, 0.15) is 24.7 Å². The molecule has 4 rings (SSSR count). The van der Waals surface area contributed by atoms with E-state index < -0.39 is 107 Å². The summed E-state index contributed by atoms with van der Waals surface area (Å²) >= 11 is -2.13. The zero-order chi connectivity index (χ0) is 42.7. The Kier molecular flexibility index (Phi) is 16.6. The first kappa shape index (κ1) is 45.6. The van der Waals surface area contributed by atoms with Crippen LogP contribution in [0.1, 0.15) is 57.6 Å². The van der Waals surface area contributed by atoms with Gasteiger partial charge in [0.05, 0.1) is 43.8 Å². The van der Waals surface area contributed by atoms with Gasteiger partial charge in [-0.15, -0.1) is 0 Å². The number of aliphatic hydroxyl groups is 1. The second-order valence-electron chi connectivity index (χ2n) is 14.5. The number of anilines is 1. The third-order valence-electron chi connectivity index (χ3n) is 9.87. The van der Waals surface area contributed by atoms with Crippen LogP contribution in [0.3, 0.4) is 0 Å². The van der Waals surface area contributed by atoms with Gasteiger partial charge in [-0.2, -0.15) is 0 Å². The van der Waals surface area contributed by atoms with Crippen molar-refractivity contribution in [1.82, 2.24) is 20.4 Å². The molecule has 8 atom stereocenters. The van der Waals surface area contributed by atoms with Crippen molar-refractivity contribution in [2.75, 3.05) is 30.8 Å². The average molecular weight is 836 g/mol. The van der Waals surface area contributed by atoms with Crippen LogP contribution in [-0.2, 0) is 76.7 Å². The minimum absolute atomic E-state index is 0.0219. The topological polar surface area (TPSA) is 285 Å². The molecule has 0 radical (unpaired) electrons. The number of hydrogen-bond donors (Lipinski definition) is 6. The number of ether oxygens (including phenoxy) is 3. The highest BCUT2D eigenvalue weighted by Crippen LogP contribution is 2.28. The van der Waals surface area contributed by atoms with Gasteiger partial charge in [0.15, 0.2) is 17.2 Å². The van der Waals surface area contributed by atoms with Crippen LogP contribution in [0.25, 0.3) is 0 Å². The van der Waals surface area contributed by atoms with Crippen LogP contribution in [-0.4, -0.2) is 145 Å². The van der Waals surface area contributed by atoms with E-state index in [1.165, 1.54) is 6.92 Å². The van der Waals surface area contributed by atoms with Crippen LogP contribution >= 0.6 is 0 Å². The highest BCUT2D eigenvalue weighted by atomic mass is 32.2. The molecule has 3 heterocycles. The monoisotopic (exact) mass is 835 g/mol. The van der Waals surface area contributed by atoms with E-state index in [1.54, 1.807) is 32.0 Å². The van der Waals surface area contributed by atoms with Crippen molar-refractivity contribution >= 4 is 64.7 Å². The molecule has 21 heteroatoms. The summed E-state index contributed by atoms with van der Waals surface area (Å²) in [6.45, 7) is 4.08. The Balaban J connectivity index is 1.38. The highest BCUT2D eigenvalue weighted by molar-refractivity contribution is 7.79. The number of aryl methyl sites for hydroxylation is 1. The van der Waals surface area contributed by atoms with Crippen molar-refractivity contribution in [3.63, 3.8) is 0 Å². The van der Waals surface area contributed by atoms with Crippen molar-refractivity contribution in [2.45, 2.75) is 102 Å². The number of amides is 6. The van der Waals surface area contributed by atoms with Gasteiger partial charge >= 0.3 is 5.97 Å². The van der Waals surface area contributed by atoms with Crippen molar-refractivity contribution in [1.29, 1.82) is 0 Å². The van der Waals surface area contributed by atoms with Crippen LogP contribution in [0.4, 0.5) is 5.69 Å². The summed E-state index contributed by atoms with van der Waals surface area (Å²) in [6.07, 6.45) is 0.313. The Hall–Kier alpha value is -5.09. The predicted octanol–water partition coefficient (Wildman–Crippen LogP) is -0.998. The molecule has 6 N–H and O–H groups in total. The maximum absolute atomic E-state index is 13.5. The largest absolute Gasteiger partial charge is 0.479 e. The molecule has 318 valence electrons. The minimum Gasteiger partial charge on any atom is -0.479 e. The normalized spacial score (nSPS) is 23.4. The van der Waals surface area contributed by atoms with E-state index in [9.17, 15) is 52.8 Å². The zero-order valence-corrected chi connectivity index (χ0v) is 33.0. The van der Waals surface area contributed by atoms with Gasteiger partial charge < -0.3 is 49.8 Å². The molecular weight excluding hydrogens is 786 g/mol. The number of carbonyl (C=O) groups excluding carboxylic acids is 7. The average Bonchev–Trinajstić information content (AvgIpc) is 3.65. The lowest BCUT2D eigenvalue weighted by molar-refractivity contribution is -0.166. The molecule has 1 aromatic carbocycles. The van der Waals surface area contributed by atoms with Crippen LogP contribution < -0.4 is 16.0 Å². The standard InChI is InChI=1S/C37H49N5O15S/c1-20(2)33(40-30(45)16-41-25(18-55-10-11-58(53)54)13-28(36(41)50)42-31(46)8-9-32(42)47)35(49)38-21(3)34(48)39-24-6-4-23(17-56-19-43)22(12-24)5-7-27-14-26(44)15-29(57-27)37(51)52/h4,6,8-9,12,19-21,25-29,33,44H,5,7,10-11,13-18H2,1-3H3,(H,38,49)(H,39,48)(H,40,45)(H,51,52)(H,53,54)/t21-,25-,26+,27-,28-,29-,33-/m0/s1. The Labute approximate surface area is 336 Å². The summed E-state index contributed by atoms with van der Waals surface area (Å²) < 4.78 is 36.1. The SMILES string of the molecule is CC(C)[C@H](NC(=O)CN1C(=O)[C@@H](N2C(=O)C=CC2=O)C[C@H]1COCCS(=O)O)C(=O)N[C@@H](C)C(=O)Nc1ccc(COC=O)c(CC[C@H]2C[C@@H](O)C[C@@H](C(=O)O)O2)c1. The molecule has 3 aliphatic rings. The number of nitrogens with one attached hydrogen (secondary N) is 3. The van der Waals surface area contributed by atoms with Crippen molar-refractivity contribution in [3.8, 4) is 0 Å². The Morgan fingerprint density at radius 2 is 1.72 bits per heavy atom. The number of rotatable bonds is 21. The van der Waals surface area contributed by atoms with E-state index >= 15 is 0 Å². The number of imide groups is 1. The molecule has 0 saturated carbocycles. The number of aliphatic hydroxyl groups excluding tert-OH is 1. The van der Waals surface area contributed by atoms with Crippen LogP contribution in [0.5, 0.6) is 0 Å².